The van der Waals surface area contributed by atoms with Crippen LogP contribution in [0.3, 0.4) is 0 Å². The average Bonchev–Trinajstić information content (AvgIpc) is 0.811. The van der Waals surface area contributed by atoms with Crippen molar-refractivity contribution in [2.45, 2.75) is 0 Å². The summed E-state index contributed by atoms with van der Waals surface area (Å²) in [6.45, 7) is 2.47. The first kappa shape index (κ1) is 8.89. The van der Waals surface area contributed by atoms with E-state index in [9.17, 15) is 0 Å². The minimum atomic E-state index is -0.500. The molecule has 0 fully saturated rings. The fourth-order valence-corrected chi connectivity index (χ4v) is 0. The van der Waals surface area contributed by atoms with Gasteiger partial charge >= 0.3 is 0 Å². The van der Waals surface area contributed by atoms with Gasteiger partial charge in [0.25, 0.3) is 0 Å². The number of nitrogens with zero attached hydrogens (tertiary/aromatic N) is 1. The molecule has 3 nitrogen and oxygen atoms in total. The molecular formula is CH4FNO2. The summed E-state index contributed by atoms with van der Waals surface area (Å²) in [7, 11) is 0. The number of rotatable bonds is 0. The summed E-state index contributed by atoms with van der Waals surface area (Å²) in [4.78, 5) is -0.500. The largest absolute Gasteiger partial charge is 0.418 e. The standard InChI is InChI=1S/CH3NO2.FH/c1-2(3)4;/h1H2,(H,3,4);1H. The van der Waals surface area contributed by atoms with Gasteiger partial charge in [0.2, 0.25) is 0 Å². The summed E-state index contributed by atoms with van der Waals surface area (Å²) in [6.07, 6.45) is 0. The van der Waals surface area contributed by atoms with Crippen LogP contribution in [0.25, 0.3) is 0 Å². The Bertz CT molecular complexity index is 32.6. The van der Waals surface area contributed by atoms with Gasteiger partial charge in [-0.25, -0.2) is 0 Å². The average molecular weight is 81.0 g/mol. The molecule has 1 N–H and O–H groups in total. The molecule has 0 aromatic heterocycles. The summed E-state index contributed by atoms with van der Waals surface area (Å²) in [5.74, 6) is 0. The highest BCUT2D eigenvalue weighted by molar-refractivity contribution is 5.13. The molecule has 0 amide bonds. The molecule has 0 aliphatic rings. The lowest BCUT2D eigenvalue weighted by Crippen LogP contribution is -1.84. The molecule has 0 rings (SSSR count). The zero-order chi connectivity index (χ0) is 3.58. The molecule has 0 aliphatic heterocycles. The predicted molar refractivity (Wildman–Crippen MR) is 15.0 cm³/mol. The Hall–Kier alpha value is -0.800. The second-order valence-electron chi connectivity index (χ2n) is 0.352. The summed E-state index contributed by atoms with van der Waals surface area (Å²) >= 11 is 0. The highest BCUT2D eigenvalue weighted by atomic mass is 19.0. The molecule has 0 atom stereocenters. The van der Waals surface area contributed by atoms with Crippen molar-refractivity contribution < 1.29 is 14.8 Å². The molecule has 0 aromatic rings. The smallest absolute Gasteiger partial charge is 0.197 e. The molecule has 4 heteroatoms. The molecule has 0 unspecified atom stereocenters. The summed E-state index contributed by atoms with van der Waals surface area (Å²) in [5, 5.41) is 16.0. The van der Waals surface area contributed by atoms with E-state index in [1.165, 1.54) is 0 Å². The van der Waals surface area contributed by atoms with Gasteiger partial charge in [0.1, 0.15) is 0 Å². The minimum Gasteiger partial charge on any atom is -0.418 e. The lowest BCUT2D eigenvalue weighted by atomic mass is 11.7. The van der Waals surface area contributed by atoms with Crippen LogP contribution in [-0.4, -0.2) is 16.8 Å². The van der Waals surface area contributed by atoms with Crippen molar-refractivity contribution in [3.63, 3.8) is 0 Å². The highest BCUT2D eigenvalue weighted by Crippen LogP contribution is 1.34. The van der Waals surface area contributed by atoms with Gasteiger partial charge in [-0.15, -0.1) is 0 Å². The van der Waals surface area contributed by atoms with Gasteiger partial charge in [-0.3, -0.25) is 9.91 Å². The van der Waals surface area contributed by atoms with Crippen LogP contribution in [0.1, 0.15) is 0 Å². The van der Waals surface area contributed by atoms with E-state index in [-0.39, 0.29) is 4.70 Å². The quantitative estimate of drug-likeness (QED) is 0.189. The maximum absolute atomic E-state index is 8.81. The van der Waals surface area contributed by atoms with Crippen molar-refractivity contribution in [1.29, 1.82) is 0 Å². The van der Waals surface area contributed by atoms with E-state index >= 15 is 0 Å². The Labute approximate surface area is 28.1 Å². The Morgan fingerprint density at radius 1 is 1.80 bits per heavy atom. The molecule has 0 saturated carbocycles. The van der Waals surface area contributed by atoms with Gasteiger partial charge in [-0.05, 0) is 0 Å². The summed E-state index contributed by atoms with van der Waals surface area (Å²) < 4.78 is 0. The SMILES string of the molecule is C=[N+]([O-])O.F. The van der Waals surface area contributed by atoms with Gasteiger partial charge in [0.15, 0.2) is 6.72 Å². The fourth-order valence-electron chi connectivity index (χ4n) is 0. The lowest BCUT2D eigenvalue weighted by Gasteiger charge is -1.70. The van der Waals surface area contributed by atoms with Crippen molar-refractivity contribution in [1.82, 2.24) is 0 Å². The molecule has 0 spiro atoms. The maximum atomic E-state index is 8.81. The fraction of sp³-hybridized carbons (Fsp3) is 0. The predicted octanol–water partition coefficient (Wildman–Crippen LogP) is -0.261. The molecule has 5 heavy (non-hydrogen) atoms. The monoisotopic (exact) mass is 81.0 g/mol. The maximum Gasteiger partial charge on any atom is 0.197 e. The van der Waals surface area contributed by atoms with Gasteiger partial charge in [-0.2, -0.15) is 0 Å². The van der Waals surface area contributed by atoms with E-state index in [2.05, 4.69) is 6.72 Å². The van der Waals surface area contributed by atoms with Gasteiger partial charge < -0.3 is 5.21 Å². The minimum absolute atomic E-state index is 0. The molecule has 0 bridgehead atoms. The van der Waals surface area contributed by atoms with Crippen molar-refractivity contribution in [2.24, 2.45) is 0 Å². The van der Waals surface area contributed by atoms with Crippen LogP contribution >= 0.6 is 0 Å². The third-order valence-corrected chi connectivity index (χ3v) is 0. The van der Waals surface area contributed by atoms with Crippen LogP contribution in [0.5, 0.6) is 0 Å². The number of hydrogen-bond acceptors (Lipinski definition) is 2. The Morgan fingerprint density at radius 3 is 1.80 bits per heavy atom. The first-order chi connectivity index (χ1) is 1.73. The highest BCUT2D eigenvalue weighted by Gasteiger charge is 1.50. The lowest BCUT2D eigenvalue weighted by molar-refractivity contribution is -0.719. The van der Waals surface area contributed by atoms with Crippen LogP contribution in [-0.2, 0) is 0 Å². The second-order valence-corrected chi connectivity index (χ2v) is 0.352. The van der Waals surface area contributed by atoms with Crippen molar-refractivity contribution in [3.05, 3.63) is 5.21 Å². The second kappa shape index (κ2) is 3.20. The molecule has 0 heterocycles. The van der Waals surface area contributed by atoms with Crippen LogP contribution in [0.15, 0.2) is 0 Å². The van der Waals surface area contributed by atoms with Gasteiger partial charge in [-0.1, -0.05) is 0 Å². The van der Waals surface area contributed by atoms with Crippen LogP contribution in [0, 0.1) is 5.21 Å². The van der Waals surface area contributed by atoms with Crippen LogP contribution < -0.4 is 0 Å². The third-order valence-electron chi connectivity index (χ3n) is 0. The normalized spacial score (nSPS) is 4.80. The number of halogens is 1. The van der Waals surface area contributed by atoms with Crippen LogP contribution in [0.4, 0.5) is 4.70 Å². The summed E-state index contributed by atoms with van der Waals surface area (Å²) in [5.41, 5.74) is 0. The molecular weight excluding hydrogens is 77.0 g/mol. The molecule has 0 radical (unpaired) electrons. The van der Waals surface area contributed by atoms with Crippen molar-refractivity contribution in [2.75, 3.05) is 0 Å². The van der Waals surface area contributed by atoms with E-state index in [4.69, 9.17) is 10.4 Å². The molecule has 32 valence electrons. The zero-order valence-corrected chi connectivity index (χ0v) is 2.42. The van der Waals surface area contributed by atoms with E-state index in [0.717, 1.165) is 0 Å². The van der Waals surface area contributed by atoms with Gasteiger partial charge in [0, 0.05) is 4.90 Å². The topological polar surface area (TPSA) is 46.3 Å². The molecule has 0 aromatic carbocycles. The van der Waals surface area contributed by atoms with Crippen molar-refractivity contribution in [3.8, 4) is 0 Å². The van der Waals surface area contributed by atoms with Crippen molar-refractivity contribution >= 4 is 6.72 Å². The van der Waals surface area contributed by atoms with E-state index < -0.39 is 4.90 Å². The number of hydrogen-bond donors (Lipinski definition) is 1. The van der Waals surface area contributed by atoms with Crippen LogP contribution in [0.2, 0.25) is 0 Å². The Morgan fingerprint density at radius 2 is 1.80 bits per heavy atom. The van der Waals surface area contributed by atoms with E-state index in [1.54, 1.807) is 0 Å². The first-order valence-corrected chi connectivity index (χ1v) is 0.699. The first-order valence-electron chi connectivity index (χ1n) is 0.699. The van der Waals surface area contributed by atoms with Gasteiger partial charge in [0.05, 0.1) is 0 Å². The summed E-state index contributed by atoms with van der Waals surface area (Å²) in [6, 6.07) is 0. The Kier molecular flexibility index (Phi) is 5.69. The van der Waals surface area contributed by atoms with E-state index in [1.807, 2.05) is 0 Å². The Balaban J connectivity index is 0. The van der Waals surface area contributed by atoms with E-state index in [0.29, 0.717) is 0 Å². The molecule has 0 aliphatic carbocycles. The molecule has 0 saturated heterocycles. The third kappa shape index (κ3) is 7.20. The zero-order valence-electron chi connectivity index (χ0n) is 2.42.